The van der Waals surface area contributed by atoms with Crippen molar-refractivity contribution in [2.24, 2.45) is 5.92 Å². The van der Waals surface area contributed by atoms with Gasteiger partial charge in [0, 0.05) is 0 Å². The minimum atomic E-state index is -0.209. The van der Waals surface area contributed by atoms with Crippen LogP contribution in [-0.4, -0.2) is 25.7 Å². The molecule has 1 unspecified atom stereocenters. The number of methoxy groups -OCH3 is 1. The van der Waals surface area contributed by atoms with E-state index in [0.29, 0.717) is 0 Å². The maximum Gasteiger partial charge on any atom is 0.323 e. The van der Waals surface area contributed by atoms with Gasteiger partial charge in [-0.3, -0.25) is 4.79 Å². The summed E-state index contributed by atoms with van der Waals surface area (Å²) in [7, 11) is 1.41. The van der Waals surface area contributed by atoms with E-state index in [1.165, 1.54) is 7.11 Å². The molecule has 0 amide bonds. The molecule has 1 N–H and O–H groups in total. The van der Waals surface area contributed by atoms with Gasteiger partial charge in [0.05, 0.1) is 7.11 Å². The van der Waals surface area contributed by atoms with E-state index >= 15 is 0 Å². The number of nitrogens with one attached hydrogen (secondary N) is 1. The van der Waals surface area contributed by atoms with Gasteiger partial charge in [0.2, 0.25) is 0 Å². The number of ether oxygens (including phenoxy) is 1. The van der Waals surface area contributed by atoms with E-state index in [2.05, 4.69) is 11.9 Å². The van der Waals surface area contributed by atoms with E-state index in [1.807, 2.05) is 20.8 Å². The summed E-state index contributed by atoms with van der Waals surface area (Å²) in [5, 5.41) is 3.17. The number of carbonyl (C=O) groups is 1. The van der Waals surface area contributed by atoms with Gasteiger partial charge >= 0.3 is 5.97 Å². The van der Waals surface area contributed by atoms with Crippen LogP contribution in [0.15, 0.2) is 12.2 Å². The fourth-order valence-corrected chi connectivity index (χ4v) is 1.16. The summed E-state index contributed by atoms with van der Waals surface area (Å²) in [6.45, 7) is 10.5. The molecule has 0 saturated carbocycles. The fraction of sp³-hybridized carbons (Fsp3) is 0.727. The van der Waals surface area contributed by atoms with E-state index in [9.17, 15) is 4.79 Å². The zero-order chi connectivity index (χ0) is 11.1. The van der Waals surface area contributed by atoms with Crippen molar-refractivity contribution in [3.63, 3.8) is 0 Å². The molecule has 0 aromatic heterocycles. The molecule has 0 aliphatic carbocycles. The molecule has 0 aromatic carbocycles. The maximum atomic E-state index is 11.3. The minimum Gasteiger partial charge on any atom is -0.468 e. The Morgan fingerprint density at radius 1 is 1.50 bits per heavy atom. The summed E-state index contributed by atoms with van der Waals surface area (Å²) in [4.78, 5) is 11.3. The van der Waals surface area contributed by atoms with Crippen molar-refractivity contribution in [1.82, 2.24) is 5.32 Å². The summed E-state index contributed by atoms with van der Waals surface area (Å²) >= 11 is 0. The van der Waals surface area contributed by atoms with Gasteiger partial charge in [-0.2, -0.15) is 0 Å². The Kier molecular flexibility index (Phi) is 6.21. The standard InChI is InChI=1S/C11H21NO2/c1-8(2)6-7-12-10(9(3)4)11(13)14-5/h9-10,12H,1,6-7H2,2-5H3. The molecule has 3 heteroatoms. The summed E-state index contributed by atoms with van der Waals surface area (Å²) in [5.74, 6) is 0.0503. The first kappa shape index (κ1) is 13.2. The highest BCUT2D eigenvalue weighted by molar-refractivity contribution is 5.75. The van der Waals surface area contributed by atoms with E-state index in [1.54, 1.807) is 0 Å². The first-order valence-electron chi connectivity index (χ1n) is 4.94. The number of esters is 1. The Morgan fingerprint density at radius 3 is 2.43 bits per heavy atom. The normalized spacial score (nSPS) is 12.6. The molecular weight excluding hydrogens is 178 g/mol. The van der Waals surface area contributed by atoms with Crippen LogP contribution < -0.4 is 5.32 Å². The number of hydrogen-bond donors (Lipinski definition) is 1. The van der Waals surface area contributed by atoms with Gasteiger partial charge in [0.15, 0.2) is 0 Å². The second-order valence-corrected chi connectivity index (χ2v) is 3.91. The third-order valence-electron chi connectivity index (χ3n) is 2.04. The average molecular weight is 199 g/mol. The molecular formula is C11H21NO2. The van der Waals surface area contributed by atoms with Crippen molar-refractivity contribution in [1.29, 1.82) is 0 Å². The number of carbonyl (C=O) groups excluding carboxylic acids is 1. The smallest absolute Gasteiger partial charge is 0.323 e. The first-order chi connectivity index (χ1) is 6.49. The van der Waals surface area contributed by atoms with Gasteiger partial charge in [0.1, 0.15) is 6.04 Å². The Morgan fingerprint density at radius 2 is 2.07 bits per heavy atom. The lowest BCUT2D eigenvalue weighted by molar-refractivity contribution is -0.144. The Labute approximate surface area is 86.5 Å². The van der Waals surface area contributed by atoms with Gasteiger partial charge in [-0.15, -0.1) is 6.58 Å². The van der Waals surface area contributed by atoms with Gasteiger partial charge in [-0.1, -0.05) is 19.4 Å². The average Bonchev–Trinajstić information content (AvgIpc) is 2.10. The molecule has 0 aliphatic heterocycles. The van der Waals surface area contributed by atoms with E-state index < -0.39 is 0 Å². The topological polar surface area (TPSA) is 38.3 Å². The van der Waals surface area contributed by atoms with Crippen LogP contribution in [0.3, 0.4) is 0 Å². The molecule has 3 nitrogen and oxygen atoms in total. The van der Waals surface area contributed by atoms with E-state index in [-0.39, 0.29) is 17.9 Å². The van der Waals surface area contributed by atoms with Gasteiger partial charge < -0.3 is 10.1 Å². The monoisotopic (exact) mass is 199 g/mol. The number of rotatable bonds is 6. The molecule has 1 atom stereocenters. The van der Waals surface area contributed by atoms with Crippen molar-refractivity contribution in [2.75, 3.05) is 13.7 Å². The Balaban J connectivity index is 3.98. The maximum absolute atomic E-state index is 11.3. The highest BCUT2D eigenvalue weighted by atomic mass is 16.5. The van der Waals surface area contributed by atoms with Crippen molar-refractivity contribution in [2.45, 2.75) is 33.2 Å². The quantitative estimate of drug-likeness (QED) is 0.523. The highest BCUT2D eigenvalue weighted by Gasteiger charge is 2.21. The lowest BCUT2D eigenvalue weighted by Crippen LogP contribution is -2.42. The lowest BCUT2D eigenvalue weighted by atomic mass is 10.0. The molecule has 0 radical (unpaired) electrons. The fourth-order valence-electron chi connectivity index (χ4n) is 1.16. The van der Waals surface area contributed by atoms with Crippen LogP contribution >= 0.6 is 0 Å². The zero-order valence-electron chi connectivity index (χ0n) is 9.59. The molecule has 0 bridgehead atoms. The largest absolute Gasteiger partial charge is 0.468 e. The lowest BCUT2D eigenvalue weighted by Gasteiger charge is -2.19. The molecule has 0 aliphatic rings. The molecule has 82 valence electrons. The first-order valence-corrected chi connectivity index (χ1v) is 4.94. The van der Waals surface area contributed by atoms with Crippen LogP contribution in [0.2, 0.25) is 0 Å². The van der Waals surface area contributed by atoms with Gasteiger partial charge in [-0.25, -0.2) is 0 Å². The van der Waals surface area contributed by atoms with Gasteiger partial charge in [0.25, 0.3) is 0 Å². The van der Waals surface area contributed by atoms with Crippen LogP contribution in [0.4, 0.5) is 0 Å². The number of hydrogen-bond acceptors (Lipinski definition) is 3. The molecule has 0 rings (SSSR count). The van der Waals surface area contributed by atoms with Crippen molar-refractivity contribution < 1.29 is 9.53 Å². The summed E-state index contributed by atoms with van der Waals surface area (Å²) in [6, 6.07) is -0.209. The molecule has 0 fully saturated rings. The zero-order valence-corrected chi connectivity index (χ0v) is 9.59. The predicted molar refractivity (Wildman–Crippen MR) is 58.1 cm³/mol. The van der Waals surface area contributed by atoms with E-state index in [0.717, 1.165) is 18.5 Å². The second kappa shape index (κ2) is 6.60. The van der Waals surface area contributed by atoms with Crippen molar-refractivity contribution in [3.05, 3.63) is 12.2 Å². The van der Waals surface area contributed by atoms with Crippen LogP contribution in [-0.2, 0) is 9.53 Å². The molecule has 0 saturated heterocycles. The Hall–Kier alpha value is -0.830. The molecule has 0 heterocycles. The third kappa shape index (κ3) is 5.02. The van der Waals surface area contributed by atoms with Gasteiger partial charge in [-0.05, 0) is 25.8 Å². The SMILES string of the molecule is C=C(C)CCNC(C(=O)OC)C(C)C. The summed E-state index contributed by atoms with van der Waals surface area (Å²) < 4.78 is 4.71. The highest BCUT2D eigenvalue weighted by Crippen LogP contribution is 2.04. The summed E-state index contributed by atoms with van der Waals surface area (Å²) in [5.41, 5.74) is 1.12. The second-order valence-electron chi connectivity index (χ2n) is 3.91. The van der Waals surface area contributed by atoms with Crippen LogP contribution in [0.1, 0.15) is 27.2 Å². The minimum absolute atomic E-state index is 0.193. The van der Waals surface area contributed by atoms with Crippen molar-refractivity contribution in [3.8, 4) is 0 Å². The Bertz CT molecular complexity index is 199. The van der Waals surface area contributed by atoms with Crippen LogP contribution in [0, 0.1) is 5.92 Å². The third-order valence-corrected chi connectivity index (χ3v) is 2.04. The molecule has 0 spiro atoms. The molecule has 14 heavy (non-hydrogen) atoms. The van der Waals surface area contributed by atoms with Crippen LogP contribution in [0.5, 0.6) is 0 Å². The van der Waals surface area contributed by atoms with Crippen molar-refractivity contribution >= 4 is 5.97 Å². The van der Waals surface area contributed by atoms with E-state index in [4.69, 9.17) is 4.74 Å². The van der Waals surface area contributed by atoms with Crippen LogP contribution in [0.25, 0.3) is 0 Å². The molecule has 0 aromatic rings. The summed E-state index contributed by atoms with van der Waals surface area (Å²) in [6.07, 6.45) is 0.889. The predicted octanol–water partition coefficient (Wildman–Crippen LogP) is 1.74.